The number of hydrogen-bond donors (Lipinski definition) is 1. The number of carbonyl (C=O) groups excluding carboxylic acids is 1. The molecule has 4 rings (SSSR count). The minimum Gasteiger partial charge on any atom is -0.490 e. The van der Waals surface area contributed by atoms with E-state index in [0.29, 0.717) is 10.6 Å². The van der Waals surface area contributed by atoms with Crippen molar-refractivity contribution >= 4 is 61.5 Å². The lowest BCUT2D eigenvalue weighted by atomic mass is 10.1. The molecule has 2 aliphatic rings. The summed E-state index contributed by atoms with van der Waals surface area (Å²) in [6.45, 7) is 1.93. The van der Waals surface area contributed by atoms with Gasteiger partial charge in [-0.2, -0.15) is 23.5 Å². The maximum atomic E-state index is 12.7. The Morgan fingerprint density at radius 3 is 2.79 bits per heavy atom. The number of rotatable bonds is 6. The quantitative estimate of drug-likeness (QED) is 0.467. The predicted octanol–water partition coefficient (Wildman–Crippen LogP) is 3.14. The van der Waals surface area contributed by atoms with Gasteiger partial charge in [0.1, 0.15) is 5.04 Å². The fourth-order valence-electron chi connectivity index (χ4n) is 2.93. The third kappa shape index (κ3) is 4.92. The smallest absolute Gasteiger partial charge is 0.306 e. The number of amidine groups is 2. The zero-order chi connectivity index (χ0) is 23.8. The minimum atomic E-state index is -3.85. The van der Waals surface area contributed by atoms with E-state index >= 15 is 0 Å². The molecule has 13 heteroatoms. The number of pyridine rings is 1. The Bertz CT molecular complexity index is 1360. The van der Waals surface area contributed by atoms with E-state index in [4.69, 9.17) is 25.9 Å². The van der Waals surface area contributed by atoms with Crippen LogP contribution in [0.3, 0.4) is 0 Å². The average Bonchev–Trinajstić information content (AvgIpc) is 3.18. The number of thioether (sulfide) groups is 1. The topological polar surface area (TPSA) is 134 Å². The third-order valence-electron chi connectivity index (χ3n) is 4.24. The van der Waals surface area contributed by atoms with Crippen molar-refractivity contribution in [3.63, 3.8) is 0 Å². The maximum Gasteiger partial charge on any atom is 0.306 e. The number of hydrazone groups is 1. The summed E-state index contributed by atoms with van der Waals surface area (Å²) in [6.07, 6.45) is 5.56. The molecule has 0 saturated carbocycles. The van der Waals surface area contributed by atoms with E-state index in [0.717, 1.165) is 23.6 Å². The van der Waals surface area contributed by atoms with E-state index in [2.05, 4.69) is 15.1 Å². The molecule has 2 aromatic rings. The second kappa shape index (κ2) is 8.96. The van der Waals surface area contributed by atoms with Gasteiger partial charge in [-0.15, -0.1) is 0 Å². The van der Waals surface area contributed by atoms with Gasteiger partial charge in [-0.25, -0.2) is 0 Å². The van der Waals surface area contributed by atoms with Crippen molar-refractivity contribution in [3.8, 4) is 11.5 Å². The van der Waals surface area contributed by atoms with Crippen molar-refractivity contribution in [2.45, 2.75) is 6.92 Å². The molecule has 1 amide bonds. The average molecular weight is 506 g/mol. The molecule has 10 nitrogen and oxygen atoms in total. The lowest BCUT2D eigenvalue weighted by molar-refractivity contribution is -0.114. The molecule has 0 aliphatic carbocycles. The van der Waals surface area contributed by atoms with E-state index in [1.807, 2.05) is 6.07 Å². The molecule has 170 valence electrons. The number of aromatic nitrogens is 1. The molecule has 1 aromatic carbocycles. The second-order valence-corrected chi connectivity index (χ2v) is 9.66. The Balaban J connectivity index is 1.71. The third-order valence-corrected chi connectivity index (χ3v) is 5.95. The largest absolute Gasteiger partial charge is 0.490 e. The molecular formula is C20H16ClN5O5S2. The van der Waals surface area contributed by atoms with Gasteiger partial charge in [-0.3, -0.25) is 15.2 Å². The summed E-state index contributed by atoms with van der Waals surface area (Å²) >= 11 is 7.40. The van der Waals surface area contributed by atoms with Crippen molar-refractivity contribution in [2.24, 2.45) is 10.1 Å². The summed E-state index contributed by atoms with van der Waals surface area (Å²) in [5.41, 5.74) is 1.10. The maximum absolute atomic E-state index is 12.7. The highest BCUT2D eigenvalue weighted by atomic mass is 35.5. The van der Waals surface area contributed by atoms with Crippen LogP contribution in [0.25, 0.3) is 6.08 Å². The number of benzene rings is 1. The molecule has 0 unspecified atom stereocenters. The first-order valence-corrected chi connectivity index (χ1v) is 12.4. The molecule has 0 bridgehead atoms. The van der Waals surface area contributed by atoms with Gasteiger partial charge in [0.05, 0.1) is 23.5 Å². The first kappa shape index (κ1) is 23.0. The van der Waals surface area contributed by atoms with Crippen LogP contribution in [0, 0.1) is 5.41 Å². The fourth-order valence-corrected chi connectivity index (χ4v) is 4.59. The molecule has 2 aliphatic heterocycles. The number of aliphatic imine (C=N–C) groups is 1. The van der Waals surface area contributed by atoms with Crippen LogP contribution in [-0.2, 0) is 14.9 Å². The lowest BCUT2D eigenvalue weighted by Crippen LogP contribution is -2.35. The van der Waals surface area contributed by atoms with Gasteiger partial charge in [-0.05, 0) is 54.6 Å². The van der Waals surface area contributed by atoms with E-state index in [-0.39, 0.29) is 39.7 Å². The van der Waals surface area contributed by atoms with E-state index in [1.54, 1.807) is 25.4 Å². The van der Waals surface area contributed by atoms with Crippen LogP contribution in [0.15, 0.2) is 52.3 Å². The van der Waals surface area contributed by atoms with Crippen molar-refractivity contribution in [2.75, 3.05) is 12.9 Å². The van der Waals surface area contributed by atoms with Crippen LogP contribution in [0.1, 0.15) is 18.1 Å². The number of halogens is 1. The summed E-state index contributed by atoms with van der Waals surface area (Å²) < 4.78 is 33.6. The van der Waals surface area contributed by atoms with Gasteiger partial charge in [0.25, 0.3) is 5.91 Å². The molecular weight excluding hydrogens is 490 g/mol. The van der Waals surface area contributed by atoms with E-state index in [1.165, 1.54) is 23.2 Å². The standard InChI is InChI=1S/C20H16ClN5O5S2/c1-3-30-15-9-11(8-14(21)16(15)31-33(2,28)29)7-13-17(22)26-20(24-18(13)27)32-19(25-26)12-5-4-6-23-10-12/h4-10,22H,3H2,1-2H3. The van der Waals surface area contributed by atoms with Crippen LogP contribution in [0.2, 0.25) is 5.02 Å². The molecule has 0 radical (unpaired) electrons. The van der Waals surface area contributed by atoms with Crippen LogP contribution in [-0.4, -0.2) is 53.2 Å². The summed E-state index contributed by atoms with van der Waals surface area (Å²) in [4.78, 5) is 20.8. The molecule has 1 aromatic heterocycles. The van der Waals surface area contributed by atoms with Gasteiger partial charge in [0.2, 0.25) is 10.9 Å². The van der Waals surface area contributed by atoms with Gasteiger partial charge in [0.15, 0.2) is 11.6 Å². The number of amides is 1. The number of carbonyl (C=O) groups is 1. The highest BCUT2D eigenvalue weighted by Gasteiger charge is 2.36. The SMILES string of the molecule is CCOc1cc(C=C2C(=N)N3N=C(c4cccnc4)SC3=NC2=O)cc(Cl)c1OS(C)(=O)=O. The van der Waals surface area contributed by atoms with Crippen LogP contribution in [0.5, 0.6) is 11.5 Å². The summed E-state index contributed by atoms with van der Waals surface area (Å²) in [5.74, 6) is -0.862. The van der Waals surface area contributed by atoms with Crippen molar-refractivity contribution < 1.29 is 22.1 Å². The minimum absolute atomic E-state index is 0.0224. The number of fused-ring (bicyclic) bond motifs is 1. The van der Waals surface area contributed by atoms with Crippen LogP contribution in [0.4, 0.5) is 0 Å². The molecule has 0 saturated heterocycles. The van der Waals surface area contributed by atoms with Crippen LogP contribution >= 0.6 is 23.4 Å². The summed E-state index contributed by atoms with van der Waals surface area (Å²) in [6, 6.07) is 6.44. The predicted molar refractivity (Wildman–Crippen MR) is 126 cm³/mol. The molecule has 0 spiro atoms. The van der Waals surface area contributed by atoms with Gasteiger partial charge in [-0.1, -0.05) is 11.6 Å². The molecule has 3 heterocycles. The Kier molecular flexibility index (Phi) is 6.23. The highest BCUT2D eigenvalue weighted by molar-refractivity contribution is 8.27. The zero-order valence-electron chi connectivity index (χ0n) is 17.3. The number of nitrogens with zero attached hydrogens (tertiary/aromatic N) is 4. The second-order valence-electron chi connectivity index (χ2n) is 6.72. The van der Waals surface area contributed by atoms with Crippen LogP contribution < -0.4 is 8.92 Å². The number of hydrogen-bond acceptors (Lipinski definition) is 9. The van der Waals surface area contributed by atoms with Gasteiger partial charge >= 0.3 is 10.1 Å². The fraction of sp³-hybridized carbons (Fsp3) is 0.150. The Morgan fingerprint density at radius 1 is 1.33 bits per heavy atom. The lowest BCUT2D eigenvalue weighted by Gasteiger charge is -2.20. The molecule has 0 fully saturated rings. The first-order valence-electron chi connectivity index (χ1n) is 9.42. The van der Waals surface area contributed by atoms with Crippen molar-refractivity contribution in [1.29, 1.82) is 5.41 Å². The molecule has 1 N–H and O–H groups in total. The molecule has 33 heavy (non-hydrogen) atoms. The highest BCUT2D eigenvalue weighted by Crippen LogP contribution is 2.38. The van der Waals surface area contributed by atoms with Crippen molar-refractivity contribution in [1.82, 2.24) is 9.99 Å². The zero-order valence-corrected chi connectivity index (χ0v) is 19.7. The van der Waals surface area contributed by atoms with Gasteiger partial charge < -0.3 is 8.92 Å². The first-order chi connectivity index (χ1) is 15.7. The summed E-state index contributed by atoms with van der Waals surface area (Å²) in [7, 11) is -3.85. The monoisotopic (exact) mass is 505 g/mol. The number of ether oxygens (including phenoxy) is 1. The van der Waals surface area contributed by atoms with E-state index in [9.17, 15) is 13.2 Å². The Morgan fingerprint density at radius 2 is 2.12 bits per heavy atom. The van der Waals surface area contributed by atoms with Crippen molar-refractivity contribution in [3.05, 3.63) is 58.4 Å². The Hall–Kier alpha value is -3.22. The normalized spacial score (nSPS) is 17.1. The molecule has 0 atom stereocenters. The summed E-state index contributed by atoms with van der Waals surface area (Å²) in [5, 5.41) is 15.0. The van der Waals surface area contributed by atoms with E-state index < -0.39 is 16.0 Å². The number of nitrogens with one attached hydrogen (secondary N) is 1. The van der Waals surface area contributed by atoms with Gasteiger partial charge in [0, 0.05) is 18.0 Å². The Labute approximate surface area is 198 Å².